The summed E-state index contributed by atoms with van der Waals surface area (Å²) in [5.41, 5.74) is 1.66. The van der Waals surface area contributed by atoms with Crippen LogP contribution < -0.4 is 10.1 Å². The van der Waals surface area contributed by atoms with Crippen LogP contribution in [0.5, 0.6) is 5.75 Å². The first kappa shape index (κ1) is 17.9. The van der Waals surface area contributed by atoms with Gasteiger partial charge in [-0.25, -0.2) is 0 Å². The number of carbonyl (C=O) groups is 1. The van der Waals surface area contributed by atoms with Crippen molar-refractivity contribution in [3.63, 3.8) is 0 Å². The fourth-order valence-electron chi connectivity index (χ4n) is 2.27. The average molecular weight is 334 g/mol. The van der Waals surface area contributed by atoms with E-state index in [9.17, 15) is 13.6 Å². The number of hydrogen-bond donors (Lipinski definition) is 1. The number of rotatable bonds is 7. The van der Waals surface area contributed by atoms with Crippen LogP contribution in [-0.2, 0) is 4.79 Å². The second-order valence-electron chi connectivity index (χ2n) is 5.45. The van der Waals surface area contributed by atoms with Crippen molar-refractivity contribution in [1.29, 1.82) is 0 Å². The quantitative estimate of drug-likeness (QED) is 0.834. The third-order valence-corrected chi connectivity index (χ3v) is 3.70. The van der Waals surface area contributed by atoms with Crippen molar-refractivity contribution in [1.82, 2.24) is 4.90 Å². The van der Waals surface area contributed by atoms with Gasteiger partial charge in [0.2, 0.25) is 5.91 Å². The molecule has 0 aliphatic rings. The minimum atomic E-state index is -2.86. The number of carbonyl (C=O) groups excluding carboxylic acids is 1. The molecule has 0 fully saturated rings. The second-order valence-corrected chi connectivity index (χ2v) is 5.45. The van der Waals surface area contributed by atoms with Gasteiger partial charge in [0, 0.05) is 11.7 Å². The maximum atomic E-state index is 12.1. The fourth-order valence-corrected chi connectivity index (χ4v) is 2.27. The smallest absolute Gasteiger partial charge is 0.387 e. The lowest BCUT2D eigenvalue weighted by molar-refractivity contribution is -0.117. The first-order valence-corrected chi connectivity index (χ1v) is 7.55. The molecular formula is C18H20F2N2O2. The molecule has 1 atom stereocenters. The summed E-state index contributed by atoms with van der Waals surface area (Å²) in [6.07, 6.45) is 0. The average Bonchev–Trinajstić information content (AvgIpc) is 2.56. The van der Waals surface area contributed by atoms with Crippen LogP contribution in [0.1, 0.15) is 18.5 Å². The number of nitrogens with one attached hydrogen (secondary N) is 1. The van der Waals surface area contributed by atoms with Crippen molar-refractivity contribution in [3.05, 3.63) is 60.2 Å². The number of ether oxygens (including phenoxy) is 1. The Hall–Kier alpha value is -2.47. The number of anilines is 1. The van der Waals surface area contributed by atoms with Crippen LogP contribution in [0.25, 0.3) is 0 Å². The van der Waals surface area contributed by atoms with Crippen LogP contribution in [0.3, 0.4) is 0 Å². The molecule has 128 valence electrons. The van der Waals surface area contributed by atoms with Gasteiger partial charge in [0.1, 0.15) is 5.75 Å². The van der Waals surface area contributed by atoms with E-state index in [1.54, 1.807) is 0 Å². The van der Waals surface area contributed by atoms with E-state index in [-0.39, 0.29) is 24.2 Å². The highest BCUT2D eigenvalue weighted by Gasteiger charge is 2.14. The second kappa shape index (κ2) is 8.40. The van der Waals surface area contributed by atoms with Crippen LogP contribution in [0, 0.1) is 0 Å². The summed E-state index contributed by atoms with van der Waals surface area (Å²) in [6, 6.07) is 15.8. The van der Waals surface area contributed by atoms with Crippen LogP contribution in [-0.4, -0.2) is 31.0 Å². The zero-order valence-corrected chi connectivity index (χ0v) is 13.6. The van der Waals surface area contributed by atoms with E-state index >= 15 is 0 Å². The Morgan fingerprint density at radius 3 is 2.33 bits per heavy atom. The summed E-state index contributed by atoms with van der Waals surface area (Å²) in [6.45, 7) is -0.622. The van der Waals surface area contributed by atoms with Crippen molar-refractivity contribution in [2.24, 2.45) is 0 Å². The number of hydrogen-bond acceptors (Lipinski definition) is 3. The number of alkyl halides is 2. The molecule has 1 unspecified atom stereocenters. The Bertz CT molecular complexity index is 648. The molecule has 1 N–H and O–H groups in total. The van der Waals surface area contributed by atoms with E-state index in [4.69, 9.17) is 0 Å². The largest absolute Gasteiger partial charge is 0.435 e. The van der Waals surface area contributed by atoms with Crippen molar-refractivity contribution >= 4 is 11.6 Å². The third-order valence-electron chi connectivity index (χ3n) is 3.70. The van der Waals surface area contributed by atoms with E-state index in [0.29, 0.717) is 5.69 Å². The van der Waals surface area contributed by atoms with Gasteiger partial charge in [-0.3, -0.25) is 9.69 Å². The topological polar surface area (TPSA) is 41.6 Å². The monoisotopic (exact) mass is 334 g/mol. The first-order chi connectivity index (χ1) is 11.5. The molecule has 2 rings (SSSR count). The summed E-state index contributed by atoms with van der Waals surface area (Å²) in [5.74, 6) is -0.124. The first-order valence-electron chi connectivity index (χ1n) is 7.55. The minimum Gasteiger partial charge on any atom is -0.435 e. The molecule has 4 nitrogen and oxygen atoms in total. The third kappa shape index (κ3) is 5.31. The summed E-state index contributed by atoms with van der Waals surface area (Å²) >= 11 is 0. The van der Waals surface area contributed by atoms with Crippen molar-refractivity contribution in [2.45, 2.75) is 19.6 Å². The van der Waals surface area contributed by atoms with Crippen LogP contribution >= 0.6 is 0 Å². The lowest BCUT2D eigenvalue weighted by atomic mass is 10.1. The molecular weight excluding hydrogens is 314 g/mol. The predicted molar refractivity (Wildman–Crippen MR) is 89.2 cm³/mol. The highest BCUT2D eigenvalue weighted by atomic mass is 19.3. The number of amides is 1. The minimum absolute atomic E-state index is 0.0535. The van der Waals surface area contributed by atoms with Gasteiger partial charge in [-0.2, -0.15) is 8.78 Å². The summed E-state index contributed by atoms with van der Waals surface area (Å²) in [7, 11) is 1.87. The Kier molecular flexibility index (Phi) is 6.26. The molecule has 0 saturated carbocycles. The van der Waals surface area contributed by atoms with Gasteiger partial charge >= 0.3 is 6.61 Å². The van der Waals surface area contributed by atoms with Crippen LogP contribution in [0.4, 0.5) is 14.5 Å². The molecule has 0 aromatic heterocycles. The van der Waals surface area contributed by atoms with Gasteiger partial charge in [0.15, 0.2) is 0 Å². The molecule has 0 radical (unpaired) electrons. The van der Waals surface area contributed by atoms with Gasteiger partial charge in [-0.15, -0.1) is 0 Å². The molecule has 6 heteroatoms. The molecule has 24 heavy (non-hydrogen) atoms. The predicted octanol–water partition coefficient (Wildman–Crippen LogP) is 3.92. The number of nitrogens with zero attached hydrogens (tertiary/aromatic N) is 1. The van der Waals surface area contributed by atoms with Crippen LogP contribution in [0.2, 0.25) is 0 Å². The van der Waals surface area contributed by atoms with E-state index in [1.165, 1.54) is 24.3 Å². The zero-order chi connectivity index (χ0) is 17.5. The lowest BCUT2D eigenvalue weighted by Crippen LogP contribution is -2.32. The Balaban J connectivity index is 1.88. The zero-order valence-electron chi connectivity index (χ0n) is 13.6. The molecule has 2 aromatic carbocycles. The number of halogens is 2. The van der Waals surface area contributed by atoms with E-state index in [0.717, 1.165) is 5.56 Å². The lowest BCUT2D eigenvalue weighted by Gasteiger charge is -2.24. The molecule has 0 spiro atoms. The maximum Gasteiger partial charge on any atom is 0.387 e. The molecule has 2 aromatic rings. The fraction of sp³-hybridized carbons (Fsp3) is 0.278. The van der Waals surface area contributed by atoms with Gasteiger partial charge in [-0.05, 0) is 43.8 Å². The molecule has 0 bridgehead atoms. The standard InChI is InChI=1S/C18H20F2N2O2/c1-13(14-6-4-3-5-7-14)22(2)12-17(23)21-15-8-10-16(11-9-15)24-18(19)20/h3-11,13,18H,12H2,1-2H3,(H,21,23). The molecule has 1 amide bonds. The Morgan fingerprint density at radius 2 is 1.75 bits per heavy atom. The van der Waals surface area contributed by atoms with Crippen molar-refractivity contribution in [3.8, 4) is 5.75 Å². The highest BCUT2D eigenvalue weighted by molar-refractivity contribution is 5.92. The SMILES string of the molecule is CC(c1ccccc1)N(C)CC(=O)Nc1ccc(OC(F)F)cc1. The van der Waals surface area contributed by atoms with E-state index in [2.05, 4.69) is 10.1 Å². The number of likely N-dealkylation sites (N-methyl/N-ethyl adjacent to an activating group) is 1. The van der Waals surface area contributed by atoms with E-state index in [1.807, 2.05) is 49.2 Å². The van der Waals surface area contributed by atoms with Crippen LogP contribution in [0.15, 0.2) is 54.6 Å². The van der Waals surface area contributed by atoms with Gasteiger partial charge in [0.25, 0.3) is 0 Å². The molecule has 0 aliphatic heterocycles. The molecule has 0 saturated heterocycles. The molecule has 0 heterocycles. The highest BCUT2D eigenvalue weighted by Crippen LogP contribution is 2.19. The normalized spacial score (nSPS) is 12.2. The Labute approximate surface area is 140 Å². The van der Waals surface area contributed by atoms with Crippen molar-refractivity contribution < 1.29 is 18.3 Å². The van der Waals surface area contributed by atoms with Crippen molar-refractivity contribution in [2.75, 3.05) is 18.9 Å². The number of benzene rings is 2. The van der Waals surface area contributed by atoms with Gasteiger partial charge in [0.05, 0.1) is 6.54 Å². The maximum absolute atomic E-state index is 12.1. The molecule has 0 aliphatic carbocycles. The van der Waals surface area contributed by atoms with Gasteiger partial charge in [-0.1, -0.05) is 30.3 Å². The summed E-state index contributed by atoms with van der Waals surface area (Å²) in [5, 5.41) is 2.74. The Morgan fingerprint density at radius 1 is 1.12 bits per heavy atom. The summed E-state index contributed by atoms with van der Waals surface area (Å²) < 4.78 is 28.5. The van der Waals surface area contributed by atoms with E-state index < -0.39 is 6.61 Å². The summed E-state index contributed by atoms with van der Waals surface area (Å²) in [4.78, 5) is 14.0. The van der Waals surface area contributed by atoms with Gasteiger partial charge < -0.3 is 10.1 Å².